The Labute approximate surface area is 187 Å². The van der Waals surface area contributed by atoms with E-state index in [0.717, 1.165) is 25.9 Å². The number of ether oxygens (including phenoxy) is 1. The third kappa shape index (κ3) is 5.35. The summed E-state index contributed by atoms with van der Waals surface area (Å²) in [6, 6.07) is 11.1. The second kappa shape index (κ2) is 10.1. The molecule has 32 heavy (non-hydrogen) atoms. The number of rotatable bonds is 6. The lowest BCUT2D eigenvalue weighted by atomic mass is 9.98. The summed E-state index contributed by atoms with van der Waals surface area (Å²) in [4.78, 5) is 39.2. The van der Waals surface area contributed by atoms with E-state index >= 15 is 0 Å². The van der Waals surface area contributed by atoms with Gasteiger partial charge in [-0.05, 0) is 56.0 Å². The van der Waals surface area contributed by atoms with Crippen molar-refractivity contribution in [1.29, 1.82) is 0 Å². The van der Waals surface area contributed by atoms with Gasteiger partial charge in [0.1, 0.15) is 0 Å². The summed E-state index contributed by atoms with van der Waals surface area (Å²) in [5.74, 6) is 0.196. The van der Waals surface area contributed by atoms with E-state index in [2.05, 4.69) is 17.1 Å². The van der Waals surface area contributed by atoms with Crippen LogP contribution in [-0.4, -0.2) is 43.7 Å². The highest BCUT2D eigenvalue weighted by Crippen LogP contribution is 2.30. The number of nitrogens with one attached hydrogen (secondary N) is 1. The van der Waals surface area contributed by atoms with Crippen molar-refractivity contribution in [3.63, 3.8) is 0 Å². The van der Waals surface area contributed by atoms with Crippen molar-refractivity contribution in [1.82, 2.24) is 0 Å². The Balaban J connectivity index is 1.81. The molecule has 0 saturated carbocycles. The van der Waals surface area contributed by atoms with Crippen molar-refractivity contribution in [2.75, 3.05) is 41.9 Å². The average Bonchev–Trinajstić information content (AvgIpc) is 2.79. The Morgan fingerprint density at radius 1 is 1.19 bits per heavy atom. The molecule has 0 radical (unpaired) electrons. The molecule has 0 bridgehead atoms. The first-order valence-electron chi connectivity index (χ1n) is 10.7. The maximum Gasteiger partial charge on any atom is 0.413 e. The van der Waals surface area contributed by atoms with Crippen molar-refractivity contribution in [2.24, 2.45) is 5.92 Å². The van der Waals surface area contributed by atoms with Crippen molar-refractivity contribution in [3.05, 3.63) is 58.1 Å². The van der Waals surface area contributed by atoms with E-state index in [9.17, 15) is 19.7 Å². The summed E-state index contributed by atoms with van der Waals surface area (Å²) in [7, 11) is 1.60. The highest BCUT2D eigenvalue weighted by atomic mass is 16.6. The molecule has 0 aromatic heterocycles. The van der Waals surface area contributed by atoms with Crippen LogP contribution in [-0.2, 0) is 4.74 Å². The lowest BCUT2D eigenvalue weighted by Crippen LogP contribution is -2.34. The molecule has 0 unspecified atom stereocenters. The molecule has 170 valence electrons. The minimum Gasteiger partial charge on any atom is -0.449 e. The molecule has 1 aliphatic rings. The Hall–Kier alpha value is -3.62. The van der Waals surface area contributed by atoms with Crippen LogP contribution >= 0.6 is 0 Å². The van der Waals surface area contributed by atoms with Gasteiger partial charge >= 0.3 is 6.09 Å². The number of piperidine rings is 1. The van der Waals surface area contributed by atoms with Crippen LogP contribution in [0.2, 0.25) is 0 Å². The molecule has 2 aromatic carbocycles. The minimum absolute atomic E-state index is 0.129. The van der Waals surface area contributed by atoms with Crippen molar-refractivity contribution in [3.8, 4) is 0 Å². The Bertz CT molecular complexity index is 984. The topological polar surface area (TPSA) is 105 Å². The molecule has 1 N–H and O–H groups in total. The molecule has 0 aliphatic carbocycles. The van der Waals surface area contributed by atoms with Gasteiger partial charge in [-0.15, -0.1) is 0 Å². The van der Waals surface area contributed by atoms with E-state index in [0.29, 0.717) is 23.0 Å². The van der Waals surface area contributed by atoms with Crippen LogP contribution in [0.5, 0.6) is 0 Å². The Morgan fingerprint density at radius 2 is 1.84 bits per heavy atom. The molecular formula is C23H28N4O5. The SMILES string of the molecule is CCOC(=O)N(C)c1ccc(NC(=O)c2cc([N+](=O)[O-])ccc2N2CCC(C)CC2)cc1. The van der Waals surface area contributed by atoms with Crippen molar-refractivity contribution >= 4 is 34.7 Å². The molecule has 9 heteroatoms. The number of hydrogen-bond acceptors (Lipinski definition) is 6. The first kappa shape index (κ1) is 23.1. The summed E-state index contributed by atoms with van der Waals surface area (Å²) in [6.45, 7) is 5.81. The van der Waals surface area contributed by atoms with Gasteiger partial charge in [0.2, 0.25) is 0 Å². The summed E-state index contributed by atoms with van der Waals surface area (Å²) < 4.78 is 4.98. The number of benzene rings is 2. The lowest BCUT2D eigenvalue weighted by molar-refractivity contribution is -0.384. The Morgan fingerprint density at radius 3 is 2.44 bits per heavy atom. The fourth-order valence-corrected chi connectivity index (χ4v) is 3.64. The predicted molar refractivity (Wildman–Crippen MR) is 124 cm³/mol. The van der Waals surface area contributed by atoms with Crippen LogP contribution in [0.1, 0.15) is 37.0 Å². The van der Waals surface area contributed by atoms with Crippen LogP contribution < -0.4 is 15.1 Å². The molecule has 2 aromatic rings. The second-order valence-corrected chi connectivity index (χ2v) is 7.89. The van der Waals surface area contributed by atoms with Crippen LogP contribution in [0, 0.1) is 16.0 Å². The number of carbonyl (C=O) groups excluding carboxylic acids is 2. The van der Waals surface area contributed by atoms with Gasteiger partial charge in [0.15, 0.2) is 0 Å². The molecule has 1 fully saturated rings. The van der Waals surface area contributed by atoms with Crippen LogP contribution in [0.4, 0.5) is 27.5 Å². The van der Waals surface area contributed by atoms with Gasteiger partial charge in [-0.3, -0.25) is 19.8 Å². The molecular weight excluding hydrogens is 412 g/mol. The first-order chi connectivity index (χ1) is 15.3. The lowest BCUT2D eigenvalue weighted by Gasteiger charge is -2.33. The van der Waals surface area contributed by atoms with E-state index in [4.69, 9.17) is 4.74 Å². The van der Waals surface area contributed by atoms with Crippen molar-refractivity contribution in [2.45, 2.75) is 26.7 Å². The number of amides is 2. The van der Waals surface area contributed by atoms with E-state index in [1.807, 2.05) is 0 Å². The Kier molecular flexibility index (Phi) is 7.29. The number of nitro groups is 1. The van der Waals surface area contributed by atoms with Gasteiger partial charge in [0, 0.05) is 43.6 Å². The van der Waals surface area contributed by atoms with E-state index in [1.54, 1.807) is 44.3 Å². The molecule has 0 atom stereocenters. The first-order valence-corrected chi connectivity index (χ1v) is 10.7. The normalized spacial score (nSPS) is 14.0. The van der Waals surface area contributed by atoms with Crippen LogP contribution in [0.15, 0.2) is 42.5 Å². The molecule has 1 aliphatic heterocycles. The smallest absolute Gasteiger partial charge is 0.413 e. The average molecular weight is 441 g/mol. The van der Waals surface area contributed by atoms with Crippen LogP contribution in [0.25, 0.3) is 0 Å². The van der Waals surface area contributed by atoms with Gasteiger partial charge in [-0.25, -0.2) is 4.79 Å². The van der Waals surface area contributed by atoms with Gasteiger partial charge in [-0.1, -0.05) is 6.92 Å². The van der Waals surface area contributed by atoms with E-state index in [-0.39, 0.29) is 17.9 Å². The molecule has 1 saturated heterocycles. The highest BCUT2D eigenvalue weighted by Gasteiger charge is 2.23. The van der Waals surface area contributed by atoms with Gasteiger partial charge in [0.25, 0.3) is 11.6 Å². The summed E-state index contributed by atoms with van der Waals surface area (Å²) >= 11 is 0. The second-order valence-electron chi connectivity index (χ2n) is 7.89. The number of carbonyl (C=O) groups is 2. The number of anilines is 3. The standard InChI is InChI=1S/C23H28N4O5/c1-4-32-23(29)25(3)18-7-5-17(6-8-18)24-22(28)20-15-19(27(30)31)9-10-21(20)26-13-11-16(2)12-14-26/h5-10,15-16H,4,11-14H2,1-3H3,(H,24,28). The fraction of sp³-hybridized carbons (Fsp3) is 0.391. The zero-order valence-electron chi connectivity index (χ0n) is 18.5. The maximum atomic E-state index is 13.1. The number of non-ortho nitro benzene ring substituents is 1. The van der Waals surface area contributed by atoms with E-state index < -0.39 is 16.9 Å². The zero-order chi connectivity index (χ0) is 23.3. The monoisotopic (exact) mass is 440 g/mol. The summed E-state index contributed by atoms with van der Waals surface area (Å²) in [6.07, 6.45) is 1.54. The summed E-state index contributed by atoms with van der Waals surface area (Å²) in [5, 5.41) is 14.1. The molecule has 1 heterocycles. The van der Waals surface area contributed by atoms with Gasteiger partial charge in [0.05, 0.1) is 22.8 Å². The quantitative estimate of drug-likeness (QED) is 0.517. The summed E-state index contributed by atoms with van der Waals surface area (Å²) in [5.41, 5.74) is 1.96. The van der Waals surface area contributed by atoms with Gasteiger partial charge < -0.3 is 15.0 Å². The van der Waals surface area contributed by atoms with Crippen molar-refractivity contribution < 1.29 is 19.2 Å². The molecule has 9 nitrogen and oxygen atoms in total. The third-order valence-electron chi connectivity index (χ3n) is 5.61. The minimum atomic E-state index is -0.501. The molecule has 2 amide bonds. The van der Waals surface area contributed by atoms with E-state index in [1.165, 1.54) is 17.0 Å². The molecule has 0 spiro atoms. The fourth-order valence-electron chi connectivity index (χ4n) is 3.64. The largest absolute Gasteiger partial charge is 0.449 e. The zero-order valence-corrected chi connectivity index (χ0v) is 18.5. The van der Waals surface area contributed by atoms with Gasteiger partial charge in [-0.2, -0.15) is 0 Å². The number of nitrogens with zero attached hydrogens (tertiary/aromatic N) is 3. The molecule has 3 rings (SSSR count). The maximum absolute atomic E-state index is 13.1. The number of nitro benzene ring substituents is 1. The highest BCUT2D eigenvalue weighted by molar-refractivity contribution is 6.08. The third-order valence-corrected chi connectivity index (χ3v) is 5.61. The predicted octanol–water partition coefficient (Wildman–Crippen LogP) is 4.68. The van der Waals surface area contributed by atoms with Crippen LogP contribution in [0.3, 0.4) is 0 Å². The number of hydrogen-bond donors (Lipinski definition) is 1.